The first kappa shape index (κ1) is 12.0. The van der Waals surface area contributed by atoms with Crippen LogP contribution < -0.4 is 5.32 Å². The summed E-state index contributed by atoms with van der Waals surface area (Å²) >= 11 is 1.78. The lowest BCUT2D eigenvalue weighted by atomic mass is 9.66. The van der Waals surface area contributed by atoms with Gasteiger partial charge in [-0.15, -0.1) is 11.3 Å². The molecule has 0 aromatic carbocycles. The van der Waals surface area contributed by atoms with Crippen molar-refractivity contribution in [1.82, 2.24) is 10.3 Å². The highest BCUT2D eigenvalue weighted by molar-refractivity contribution is 7.09. The number of nitrogens with one attached hydrogen (secondary N) is 1. The van der Waals surface area contributed by atoms with Crippen LogP contribution >= 0.6 is 11.3 Å². The fourth-order valence-electron chi connectivity index (χ4n) is 2.32. The maximum absolute atomic E-state index is 5.04. The molecule has 1 heterocycles. The van der Waals surface area contributed by atoms with Crippen LogP contribution in [0.3, 0.4) is 0 Å². The average Bonchev–Trinajstić information content (AvgIpc) is 2.73. The lowest BCUT2D eigenvalue weighted by Crippen LogP contribution is -2.42. The van der Waals surface area contributed by atoms with E-state index in [1.807, 2.05) is 11.7 Å². The topological polar surface area (TPSA) is 34.1 Å². The molecule has 0 saturated heterocycles. The minimum Gasteiger partial charge on any atom is -0.383 e. The van der Waals surface area contributed by atoms with E-state index in [4.69, 9.17) is 4.74 Å². The molecule has 4 heteroatoms. The first-order chi connectivity index (χ1) is 7.85. The molecule has 1 aromatic rings. The second kappa shape index (κ2) is 5.75. The van der Waals surface area contributed by atoms with Gasteiger partial charge in [0.1, 0.15) is 0 Å². The fourth-order valence-corrected chi connectivity index (χ4v) is 3.09. The lowest BCUT2D eigenvalue weighted by Gasteiger charge is -2.42. The summed E-state index contributed by atoms with van der Waals surface area (Å²) in [5.41, 5.74) is 2.43. The van der Waals surface area contributed by atoms with Crippen LogP contribution in [0.2, 0.25) is 0 Å². The molecule has 0 atom stereocenters. The Balaban J connectivity index is 1.78. The molecule has 0 bridgehead atoms. The van der Waals surface area contributed by atoms with Gasteiger partial charge in [0.2, 0.25) is 0 Å². The van der Waals surface area contributed by atoms with E-state index in [1.54, 1.807) is 18.4 Å². The highest BCUT2D eigenvalue weighted by atomic mass is 32.1. The zero-order valence-corrected chi connectivity index (χ0v) is 10.7. The maximum atomic E-state index is 5.04. The molecule has 16 heavy (non-hydrogen) atoms. The summed E-state index contributed by atoms with van der Waals surface area (Å²) in [6.45, 7) is 2.88. The SMILES string of the molecule is COCCNCC1(Cc2cncs2)CCC1. The second-order valence-electron chi connectivity index (χ2n) is 4.67. The molecule has 2 rings (SSSR count). The number of aromatic nitrogens is 1. The second-order valence-corrected chi connectivity index (χ2v) is 5.64. The van der Waals surface area contributed by atoms with E-state index in [9.17, 15) is 0 Å². The molecule has 1 saturated carbocycles. The Morgan fingerprint density at radius 2 is 2.44 bits per heavy atom. The van der Waals surface area contributed by atoms with Gasteiger partial charge in [-0.1, -0.05) is 6.42 Å². The van der Waals surface area contributed by atoms with Crippen molar-refractivity contribution in [1.29, 1.82) is 0 Å². The van der Waals surface area contributed by atoms with Gasteiger partial charge in [0, 0.05) is 31.3 Å². The van der Waals surface area contributed by atoms with Crippen molar-refractivity contribution in [2.24, 2.45) is 5.41 Å². The van der Waals surface area contributed by atoms with Gasteiger partial charge in [-0.2, -0.15) is 0 Å². The number of hydrogen-bond acceptors (Lipinski definition) is 4. The van der Waals surface area contributed by atoms with Gasteiger partial charge in [-0.05, 0) is 24.7 Å². The van der Waals surface area contributed by atoms with Crippen LogP contribution in [0.1, 0.15) is 24.1 Å². The Labute approximate surface area is 101 Å². The lowest BCUT2D eigenvalue weighted by molar-refractivity contribution is 0.124. The third-order valence-electron chi connectivity index (χ3n) is 3.43. The Hall–Kier alpha value is -0.450. The van der Waals surface area contributed by atoms with Crippen LogP contribution in [0, 0.1) is 5.41 Å². The van der Waals surface area contributed by atoms with Crippen molar-refractivity contribution >= 4 is 11.3 Å². The average molecular weight is 240 g/mol. The van der Waals surface area contributed by atoms with E-state index < -0.39 is 0 Å². The van der Waals surface area contributed by atoms with Crippen LogP contribution in [-0.2, 0) is 11.2 Å². The number of hydrogen-bond donors (Lipinski definition) is 1. The predicted molar refractivity (Wildman–Crippen MR) is 66.8 cm³/mol. The van der Waals surface area contributed by atoms with E-state index >= 15 is 0 Å². The normalized spacial score (nSPS) is 18.3. The van der Waals surface area contributed by atoms with Crippen LogP contribution in [0.5, 0.6) is 0 Å². The Bertz CT molecular complexity index is 296. The molecule has 3 nitrogen and oxygen atoms in total. The van der Waals surface area contributed by atoms with E-state index in [2.05, 4.69) is 10.3 Å². The van der Waals surface area contributed by atoms with E-state index in [0.29, 0.717) is 5.41 Å². The number of rotatable bonds is 7. The number of ether oxygens (including phenoxy) is 1. The van der Waals surface area contributed by atoms with E-state index in [0.717, 1.165) is 19.7 Å². The minimum absolute atomic E-state index is 0.500. The molecule has 0 unspecified atom stereocenters. The molecule has 1 N–H and O–H groups in total. The first-order valence-corrected chi connectivity index (χ1v) is 6.80. The van der Waals surface area contributed by atoms with Crippen molar-refractivity contribution in [3.05, 3.63) is 16.6 Å². The van der Waals surface area contributed by atoms with Crippen molar-refractivity contribution in [3.63, 3.8) is 0 Å². The summed E-state index contributed by atoms with van der Waals surface area (Å²) in [4.78, 5) is 5.58. The molecule has 90 valence electrons. The summed E-state index contributed by atoms with van der Waals surface area (Å²) in [5.74, 6) is 0. The molecule has 0 spiro atoms. The minimum atomic E-state index is 0.500. The molecule has 0 aliphatic heterocycles. The third kappa shape index (κ3) is 3.03. The predicted octanol–water partition coefficient (Wildman–Crippen LogP) is 2.09. The van der Waals surface area contributed by atoms with Crippen LogP contribution in [0.25, 0.3) is 0 Å². The van der Waals surface area contributed by atoms with Crippen LogP contribution in [-0.4, -0.2) is 31.8 Å². The summed E-state index contributed by atoms with van der Waals surface area (Å²) in [6.07, 6.45) is 7.29. The third-order valence-corrected chi connectivity index (χ3v) is 4.21. The van der Waals surface area contributed by atoms with E-state index in [1.165, 1.54) is 30.6 Å². The number of thiazole rings is 1. The van der Waals surface area contributed by atoms with Gasteiger partial charge in [-0.25, -0.2) is 0 Å². The molecule has 1 aromatic heterocycles. The summed E-state index contributed by atoms with van der Waals surface area (Å²) in [6, 6.07) is 0. The Kier molecular flexibility index (Phi) is 4.32. The number of methoxy groups -OCH3 is 1. The van der Waals surface area contributed by atoms with Crippen LogP contribution in [0.4, 0.5) is 0 Å². The number of nitrogens with zero attached hydrogens (tertiary/aromatic N) is 1. The highest BCUT2D eigenvalue weighted by Gasteiger charge is 2.36. The summed E-state index contributed by atoms with van der Waals surface area (Å²) < 4.78 is 5.04. The van der Waals surface area contributed by atoms with Gasteiger partial charge in [0.25, 0.3) is 0 Å². The zero-order valence-electron chi connectivity index (χ0n) is 9.87. The quantitative estimate of drug-likeness (QED) is 0.741. The summed E-state index contributed by atoms with van der Waals surface area (Å²) in [5, 5.41) is 3.50. The van der Waals surface area contributed by atoms with Crippen molar-refractivity contribution in [2.45, 2.75) is 25.7 Å². The van der Waals surface area contributed by atoms with Crippen LogP contribution in [0.15, 0.2) is 11.7 Å². The van der Waals surface area contributed by atoms with Gasteiger partial charge in [0.15, 0.2) is 0 Å². The van der Waals surface area contributed by atoms with Crippen molar-refractivity contribution in [2.75, 3.05) is 26.8 Å². The molecular formula is C12H20N2OS. The Morgan fingerprint density at radius 3 is 3.00 bits per heavy atom. The molecule has 1 fully saturated rings. The van der Waals surface area contributed by atoms with Gasteiger partial charge in [-0.3, -0.25) is 4.98 Å². The zero-order chi connectivity index (χ0) is 11.3. The molecule has 1 aliphatic carbocycles. The highest BCUT2D eigenvalue weighted by Crippen LogP contribution is 2.43. The van der Waals surface area contributed by atoms with Crippen molar-refractivity contribution < 1.29 is 4.74 Å². The molecule has 0 radical (unpaired) electrons. The first-order valence-electron chi connectivity index (χ1n) is 5.92. The molecule has 1 aliphatic rings. The van der Waals surface area contributed by atoms with E-state index in [-0.39, 0.29) is 0 Å². The van der Waals surface area contributed by atoms with Gasteiger partial charge in [0.05, 0.1) is 12.1 Å². The molecule has 0 amide bonds. The standard InChI is InChI=1S/C12H20N2OS/c1-15-6-5-13-9-12(3-2-4-12)7-11-8-14-10-16-11/h8,10,13H,2-7,9H2,1H3. The Morgan fingerprint density at radius 1 is 1.56 bits per heavy atom. The fraction of sp³-hybridized carbons (Fsp3) is 0.750. The van der Waals surface area contributed by atoms with Gasteiger partial charge < -0.3 is 10.1 Å². The monoisotopic (exact) mass is 240 g/mol. The maximum Gasteiger partial charge on any atom is 0.0794 e. The van der Waals surface area contributed by atoms with Crippen molar-refractivity contribution in [3.8, 4) is 0 Å². The smallest absolute Gasteiger partial charge is 0.0794 e. The van der Waals surface area contributed by atoms with Gasteiger partial charge >= 0.3 is 0 Å². The summed E-state index contributed by atoms with van der Waals surface area (Å²) in [7, 11) is 1.75. The molecular weight excluding hydrogens is 220 g/mol. The largest absolute Gasteiger partial charge is 0.383 e.